The predicted octanol–water partition coefficient (Wildman–Crippen LogP) is 5.50. The average Bonchev–Trinajstić information content (AvgIpc) is 3.28. The number of thioether (sulfide) groups is 1. The lowest BCUT2D eigenvalue weighted by Gasteiger charge is -2.13. The van der Waals surface area contributed by atoms with E-state index < -0.39 is 0 Å². The van der Waals surface area contributed by atoms with Crippen molar-refractivity contribution in [1.82, 2.24) is 14.8 Å². The van der Waals surface area contributed by atoms with Gasteiger partial charge in [-0.25, -0.2) is 0 Å². The number of hydrogen-bond acceptors (Lipinski definition) is 5. The summed E-state index contributed by atoms with van der Waals surface area (Å²) in [6.07, 6.45) is 1.01. The first-order valence-corrected chi connectivity index (χ1v) is 11.3. The number of rotatable bonds is 7. The van der Waals surface area contributed by atoms with Crippen molar-refractivity contribution in [2.45, 2.75) is 52.2 Å². The minimum atomic E-state index is -0.0411. The fraction of sp³-hybridized carbons (Fsp3) is 0.381. The Kier molecular flexibility index (Phi) is 6.57. The molecule has 3 aromatic rings. The number of hydrogen-bond donors (Lipinski definition) is 1. The fourth-order valence-electron chi connectivity index (χ4n) is 2.99. The smallest absolute Gasteiger partial charge is 0.234 e. The molecular weight excluding hydrogens is 388 g/mol. The normalized spacial score (nSPS) is 11.2. The molecule has 0 saturated carbocycles. The number of thiophene rings is 1. The van der Waals surface area contributed by atoms with Gasteiger partial charge in [0.05, 0.1) is 5.75 Å². The Hall–Kier alpha value is -2.12. The van der Waals surface area contributed by atoms with Gasteiger partial charge in [-0.1, -0.05) is 36.4 Å². The first-order chi connectivity index (χ1) is 13.4. The van der Waals surface area contributed by atoms with Gasteiger partial charge in [0, 0.05) is 27.5 Å². The third-order valence-corrected chi connectivity index (χ3v) is 6.45. The molecule has 7 heteroatoms. The van der Waals surface area contributed by atoms with Crippen molar-refractivity contribution in [3.8, 4) is 11.4 Å². The van der Waals surface area contributed by atoms with Crippen LogP contribution in [0.15, 0.2) is 34.8 Å². The Morgan fingerprint density at radius 2 is 2.04 bits per heavy atom. The van der Waals surface area contributed by atoms with Gasteiger partial charge in [0.15, 0.2) is 11.0 Å². The lowest BCUT2D eigenvalue weighted by atomic mass is 10.1. The van der Waals surface area contributed by atoms with Crippen LogP contribution in [0.3, 0.4) is 0 Å². The molecule has 0 saturated heterocycles. The second-order valence-electron chi connectivity index (χ2n) is 7.08. The van der Waals surface area contributed by atoms with E-state index in [0.717, 1.165) is 34.2 Å². The second kappa shape index (κ2) is 8.92. The maximum Gasteiger partial charge on any atom is 0.234 e. The van der Waals surface area contributed by atoms with E-state index in [1.165, 1.54) is 22.2 Å². The van der Waals surface area contributed by atoms with E-state index in [1.807, 2.05) is 26.0 Å². The highest BCUT2D eigenvalue weighted by Gasteiger charge is 2.19. The largest absolute Gasteiger partial charge is 0.325 e. The van der Waals surface area contributed by atoms with E-state index in [0.29, 0.717) is 5.75 Å². The Labute approximate surface area is 174 Å². The highest BCUT2D eigenvalue weighted by atomic mass is 32.2. The average molecular weight is 415 g/mol. The van der Waals surface area contributed by atoms with Gasteiger partial charge in [-0.2, -0.15) is 0 Å². The molecule has 3 rings (SSSR count). The molecule has 5 nitrogen and oxygen atoms in total. The van der Waals surface area contributed by atoms with Crippen molar-refractivity contribution < 1.29 is 4.79 Å². The molecule has 0 spiro atoms. The fourth-order valence-corrected chi connectivity index (χ4v) is 4.67. The number of benzene rings is 1. The lowest BCUT2D eigenvalue weighted by Crippen LogP contribution is -2.15. The molecule has 0 aliphatic carbocycles. The zero-order valence-electron chi connectivity index (χ0n) is 16.9. The van der Waals surface area contributed by atoms with Gasteiger partial charge in [0.25, 0.3) is 0 Å². The van der Waals surface area contributed by atoms with Gasteiger partial charge in [0.2, 0.25) is 5.91 Å². The van der Waals surface area contributed by atoms with Crippen molar-refractivity contribution >= 4 is 34.7 Å². The molecule has 1 amide bonds. The predicted molar refractivity (Wildman–Crippen MR) is 118 cm³/mol. The summed E-state index contributed by atoms with van der Waals surface area (Å²) >= 11 is 3.16. The standard InChI is InChI=1S/C21H26N4OS2/c1-6-17-10-16(11-27-17)20-23-24-21(25(20)13(2)3)28-12-19(26)22-18-8-7-14(4)9-15(18)5/h7-11,13H,6,12H2,1-5H3,(H,22,26). The summed E-state index contributed by atoms with van der Waals surface area (Å²) in [5.41, 5.74) is 4.19. The molecule has 0 fully saturated rings. The van der Waals surface area contributed by atoms with Gasteiger partial charge in [0.1, 0.15) is 0 Å². The number of carbonyl (C=O) groups is 1. The number of amides is 1. The number of aryl methyl sites for hydroxylation is 3. The number of nitrogens with zero attached hydrogens (tertiary/aromatic N) is 3. The molecule has 2 heterocycles. The summed E-state index contributed by atoms with van der Waals surface area (Å²) in [6.45, 7) is 10.4. The zero-order valence-corrected chi connectivity index (χ0v) is 18.6. The minimum Gasteiger partial charge on any atom is -0.325 e. The highest BCUT2D eigenvalue weighted by molar-refractivity contribution is 7.99. The topological polar surface area (TPSA) is 59.8 Å². The van der Waals surface area contributed by atoms with E-state index in [9.17, 15) is 4.79 Å². The van der Waals surface area contributed by atoms with Crippen LogP contribution in [0.5, 0.6) is 0 Å². The molecule has 1 N–H and O–H groups in total. The maximum atomic E-state index is 12.4. The molecule has 0 bridgehead atoms. The lowest BCUT2D eigenvalue weighted by molar-refractivity contribution is -0.113. The van der Waals surface area contributed by atoms with Crippen molar-refractivity contribution in [3.05, 3.63) is 45.6 Å². The summed E-state index contributed by atoms with van der Waals surface area (Å²) in [5, 5.41) is 14.7. The summed E-state index contributed by atoms with van der Waals surface area (Å²) in [5.74, 6) is 1.12. The summed E-state index contributed by atoms with van der Waals surface area (Å²) < 4.78 is 2.11. The molecule has 0 unspecified atom stereocenters. The van der Waals surface area contributed by atoms with Crippen LogP contribution in [0, 0.1) is 13.8 Å². The van der Waals surface area contributed by atoms with Crippen molar-refractivity contribution in [2.24, 2.45) is 0 Å². The van der Waals surface area contributed by atoms with E-state index >= 15 is 0 Å². The third kappa shape index (κ3) is 4.64. The number of carbonyl (C=O) groups excluding carboxylic acids is 1. The Balaban J connectivity index is 1.72. The first kappa shape index (κ1) is 20.6. The Bertz CT molecular complexity index is 975. The summed E-state index contributed by atoms with van der Waals surface area (Å²) in [4.78, 5) is 13.8. The quantitative estimate of drug-likeness (QED) is 0.519. The zero-order chi connectivity index (χ0) is 20.3. The van der Waals surface area contributed by atoms with E-state index in [-0.39, 0.29) is 11.9 Å². The van der Waals surface area contributed by atoms with Crippen LogP contribution in [-0.4, -0.2) is 26.4 Å². The molecule has 0 atom stereocenters. The van der Waals surface area contributed by atoms with Gasteiger partial charge in [-0.15, -0.1) is 21.5 Å². The third-order valence-electron chi connectivity index (χ3n) is 4.43. The maximum absolute atomic E-state index is 12.4. The van der Waals surface area contributed by atoms with Gasteiger partial charge in [-0.3, -0.25) is 9.36 Å². The molecule has 1 aromatic carbocycles. The second-order valence-corrected chi connectivity index (χ2v) is 9.02. The number of nitrogens with one attached hydrogen (secondary N) is 1. The summed E-state index contributed by atoms with van der Waals surface area (Å²) in [7, 11) is 0. The molecule has 0 radical (unpaired) electrons. The van der Waals surface area contributed by atoms with E-state index in [4.69, 9.17) is 0 Å². The van der Waals surface area contributed by atoms with Crippen LogP contribution in [0.2, 0.25) is 0 Å². The molecular formula is C21H26N4OS2. The Morgan fingerprint density at radius 1 is 1.25 bits per heavy atom. The molecule has 2 aromatic heterocycles. The Morgan fingerprint density at radius 3 is 2.68 bits per heavy atom. The molecule has 0 aliphatic heterocycles. The van der Waals surface area contributed by atoms with Crippen LogP contribution in [0.25, 0.3) is 11.4 Å². The van der Waals surface area contributed by atoms with E-state index in [1.54, 1.807) is 11.3 Å². The van der Waals surface area contributed by atoms with Crippen LogP contribution in [0.1, 0.15) is 42.8 Å². The summed E-state index contributed by atoms with van der Waals surface area (Å²) in [6, 6.07) is 8.40. The van der Waals surface area contributed by atoms with Crippen LogP contribution in [-0.2, 0) is 11.2 Å². The SMILES string of the molecule is CCc1cc(-c2nnc(SCC(=O)Nc3ccc(C)cc3C)n2C(C)C)cs1. The van der Waals surface area contributed by atoms with Crippen molar-refractivity contribution in [1.29, 1.82) is 0 Å². The van der Waals surface area contributed by atoms with Crippen LogP contribution in [0.4, 0.5) is 5.69 Å². The number of aromatic nitrogens is 3. The number of anilines is 1. The van der Waals surface area contributed by atoms with Crippen LogP contribution >= 0.6 is 23.1 Å². The minimum absolute atomic E-state index is 0.0411. The van der Waals surface area contributed by atoms with Gasteiger partial charge >= 0.3 is 0 Å². The van der Waals surface area contributed by atoms with Crippen molar-refractivity contribution in [2.75, 3.05) is 11.1 Å². The monoisotopic (exact) mass is 414 g/mol. The highest BCUT2D eigenvalue weighted by Crippen LogP contribution is 2.30. The van der Waals surface area contributed by atoms with E-state index in [2.05, 4.69) is 58.4 Å². The first-order valence-electron chi connectivity index (χ1n) is 9.41. The van der Waals surface area contributed by atoms with Crippen molar-refractivity contribution in [3.63, 3.8) is 0 Å². The van der Waals surface area contributed by atoms with Crippen LogP contribution < -0.4 is 5.32 Å². The van der Waals surface area contributed by atoms with Gasteiger partial charge in [-0.05, 0) is 51.8 Å². The molecule has 0 aliphatic rings. The van der Waals surface area contributed by atoms with Gasteiger partial charge < -0.3 is 5.32 Å². The molecule has 28 heavy (non-hydrogen) atoms. The molecule has 148 valence electrons.